The minimum Gasteiger partial charge on any atom is -0.261 e. The second-order valence-corrected chi connectivity index (χ2v) is 3.54. The van der Waals surface area contributed by atoms with E-state index in [0.29, 0.717) is 0 Å². The van der Waals surface area contributed by atoms with Crippen molar-refractivity contribution >= 4 is 12.5 Å². The molecule has 0 unspecified atom stereocenters. The molecule has 11 heavy (non-hydrogen) atoms. The zero-order valence-electron chi connectivity index (χ0n) is 7.18. The van der Waals surface area contributed by atoms with E-state index in [0.717, 1.165) is 11.4 Å². The maximum Gasteiger partial charge on any atom is 0.150 e. The number of nitrogens with zero attached hydrogens (tertiary/aromatic N) is 2. The number of aromatic amines is 1. The van der Waals surface area contributed by atoms with Gasteiger partial charge in [0.15, 0.2) is 5.82 Å². The highest BCUT2D eigenvalue weighted by Gasteiger charge is 2.18. The third-order valence-electron chi connectivity index (χ3n) is 1.59. The van der Waals surface area contributed by atoms with E-state index in [1.54, 1.807) is 6.20 Å². The molecule has 0 spiro atoms. The van der Waals surface area contributed by atoms with Gasteiger partial charge >= 0.3 is 0 Å². The monoisotopic (exact) mass is 151 g/mol. The van der Waals surface area contributed by atoms with Gasteiger partial charge in [-0.15, -0.1) is 0 Å². The quantitative estimate of drug-likeness (QED) is 0.613. The molecule has 1 aromatic rings. The summed E-state index contributed by atoms with van der Waals surface area (Å²) in [6.07, 6.45) is 1.80. The third kappa shape index (κ3) is 1.48. The molecule has 0 radical (unpaired) electrons. The maximum absolute atomic E-state index is 3.90. The van der Waals surface area contributed by atoms with E-state index in [2.05, 4.69) is 42.7 Å². The van der Waals surface area contributed by atoms with Crippen molar-refractivity contribution < 1.29 is 0 Å². The van der Waals surface area contributed by atoms with E-state index in [4.69, 9.17) is 0 Å². The van der Waals surface area contributed by atoms with Crippen LogP contribution in [0.2, 0.25) is 0 Å². The zero-order chi connectivity index (χ0) is 8.48. The maximum atomic E-state index is 3.90. The molecule has 1 rings (SSSR count). The molecule has 0 fully saturated rings. The molecule has 0 aliphatic carbocycles. The van der Waals surface area contributed by atoms with Crippen LogP contribution in [0.15, 0.2) is 11.2 Å². The van der Waals surface area contributed by atoms with Crippen molar-refractivity contribution in [3.05, 3.63) is 11.8 Å². The van der Waals surface area contributed by atoms with Crippen molar-refractivity contribution in [3.8, 4) is 0 Å². The Kier molecular flexibility index (Phi) is 1.81. The van der Waals surface area contributed by atoms with Crippen LogP contribution in [0.1, 0.15) is 26.3 Å². The van der Waals surface area contributed by atoms with Crippen LogP contribution in [0.25, 0.3) is 0 Å². The molecule has 0 amide bonds. The Morgan fingerprint density at radius 1 is 1.55 bits per heavy atom. The van der Waals surface area contributed by atoms with Crippen molar-refractivity contribution in [2.45, 2.75) is 26.2 Å². The summed E-state index contributed by atoms with van der Waals surface area (Å²) in [5, 5.41) is 6.68. The number of rotatable bonds is 1. The molecule has 1 heterocycles. The Morgan fingerprint density at radius 2 is 2.18 bits per heavy atom. The average molecular weight is 151 g/mol. The van der Waals surface area contributed by atoms with Crippen molar-refractivity contribution in [1.82, 2.24) is 10.2 Å². The molecule has 1 aromatic heterocycles. The predicted molar refractivity (Wildman–Crippen MR) is 46.5 cm³/mol. The normalized spacial score (nSPS) is 11.5. The highest BCUT2D eigenvalue weighted by molar-refractivity contribution is 5.47. The number of aromatic nitrogens is 2. The molecule has 3 heteroatoms. The zero-order valence-corrected chi connectivity index (χ0v) is 7.18. The molecule has 0 atom stereocenters. The standard InChI is InChI=1S/C8H13N3/c1-8(2,3)6-5-10-11-7(6)9-4/h5H,4H2,1-3H3,(H,10,11). The summed E-state index contributed by atoms with van der Waals surface area (Å²) in [5.41, 5.74) is 1.19. The van der Waals surface area contributed by atoms with Gasteiger partial charge in [-0.25, -0.2) is 4.99 Å². The van der Waals surface area contributed by atoms with Gasteiger partial charge in [0.05, 0.1) is 6.20 Å². The van der Waals surface area contributed by atoms with Gasteiger partial charge in [-0.05, 0) is 12.1 Å². The van der Waals surface area contributed by atoms with E-state index >= 15 is 0 Å². The van der Waals surface area contributed by atoms with Gasteiger partial charge < -0.3 is 0 Å². The fourth-order valence-electron chi connectivity index (χ4n) is 0.949. The predicted octanol–water partition coefficient (Wildman–Crippen LogP) is 2.04. The molecule has 1 N–H and O–H groups in total. The Hall–Kier alpha value is -1.12. The van der Waals surface area contributed by atoms with E-state index < -0.39 is 0 Å². The van der Waals surface area contributed by atoms with Gasteiger partial charge in [0.1, 0.15) is 0 Å². The first-order valence-electron chi connectivity index (χ1n) is 3.56. The lowest BCUT2D eigenvalue weighted by Crippen LogP contribution is -2.09. The number of H-pyrrole nitrogens is 1. The summed E-state index contributed by atoms with van der Waals surface area (Å²) in [6, 6.07) is 0. The molecule has 0 aliphatic heterocycles. The lowest BCUT2D eigenvalue weighted by atomic mass is 9.89. The van der Waals surface area contributed by atoms with E-state index in [1.807, 2.05) is 0 Å². The SMILES string of the molecule is C=Nc1[nH]ncc1C(C)(C)C. The van der Waals surface area contributed by atoms with Crippen LogP contribution in [0.5, 0.6) is 0 Å². The molecule has 0 aliphatic rings. The summed E-state index contributed by atoms with van der Waals surface area (Å²) in [6.45, 7) is 9.81. The second-order valence-electron chi connectivity index (χ2n) is 3.54. The number of hydrogen-bond acceptors (Lipinski definition) is 2. The molecule has 0 saturated carbocycles. The van der Waals surface area contributed by atoms with Crippen LogP contribution < -0.4 is 0 Å². The van der Waals surface area contributed by atoms with Crippen molar-refractivity contribution in [3.63, 3.8) is 0 Å². The van der Waals surface area contributed by atoms with Crippen LogP contribution in [0, 0.1) is 0 Å². The Labute approximate surface area is 66.5 Å². The first-order chi connectivity index (χ1) is 5.05. The van der Waals surface area contributed by atoms with Crippen molar-refractivity contribution in [2.24, 2.45) is 4.99 Å². The number of hydrogen-bond donors (Lipinski definition) is 1. The van der Waals surface area contributed by atoms with E-state index in [1.165, 1.54) is 0 Å². The van der Waals surface area contributed by atoms with Gasteiger partial charge in [0, 0.05) is 5.56 Å². The van der Waals surface area contributed by atoms with Gasteiger partial charge in [-0.2, -0.15) is 5.10 Å². The van der Waals surface area contributed by atoms with Crippen LogP contribution >= 0.6 is 0 Å². The van der Waals surface area contributed by atoms with Crippen molar-refractivity contribution in [1.29, 1.82) is 0 Å². The van der Waals surface area contributed by atoms with Gasteiger partial charge in [0.25, 0.3) is 0 Å². The van der Waals surface area contributed by atoms with Crippen LogP contribution in [-0.4, -0.2) is 16.9 Å². The summed E-state index contributed by atoms with van der Waals surface area (Å²) >= 11 is 0. The van der Waals surface area contributed by atoms with E-state index in [9.17, 15) is 0 Å². The molecule has 0 aromatic carbocycles. The van der Waals surface area contributed by atoms with Crippen LogP contribution in [0.3, 0.4) is 0 Å². The fraction of sp³-hybridized carbons (Fsp3) is 0.500. The molecule has 3 nitrogen and oxygen atoms in total. The lowest BCUT2D eigenvalue weighted by molar-refractivity contribution is 0.592. The summed E-state index contributed by atoms with van der Waals surface area (Å²) in [4.78, 5) is 3.83. The highest BCUT2D eigenvalue weighted by Crippen LogP contribution is 2.28. The number of aliphatic imine (C=N–C) groups is 1. The Balaban J connectivity index is 3.12. The smallest absolute Gasteiger partial charge is 0.150 e. The molecule has 0 bridgehead atoms. The van der Waals surface area contributed by atoms with E-state index in [-0.39, 0.29) is 5.41 Å². The lowest BCUT2D eigenvalue weighted by Gasteiger charge is -2.16. The first kappa shape index (κ1) is 7.98. The van der Waals surface area contributed by atoms with Gasteiger partial charge in [-0.3, -0.25) is 5.10 Å². The third-order valence-corrected chi connectivity index (χ3v) is 1.59. The Bertz CT molecular complexity index is 255. The average Bonchev–Trinajstić information content (AvgIpc) is 2.31. The van der Waals surface area contributed by atoms with Gasteiger partial charge in [0.2, 0.25) is 0 Å². The number of nitrogens with one attached hydrogen (secondary N) is 1. The van der Waals surface area contributed by atoms with Crippen LogP contribution in [0.4, 0.5) is 5.82 Å². The molecular formula is C8H13N3. The Morgan fingerprint density at radius 3 is 2.55 bits per heavy atom. The summed E-state index contributed by atoms with van der Waals surface area (Å²) in [5.74, 6) is 0.775. The summed E-state index contributed by atoms with van der Waals surface area (Å²) in [7, 11) is 0. The first-order valence-corrected chi connectivity index (χ1v) is 3.56. The molecular weight excluding hydrogens is 138 g/mol. The highest BCUT2D eigenvalue weighted by atomic mass is 15.2. The van der Waals surface area contributed by atoms with Gasteiger partial charge in [-0.1, -0.05) is 20.8 Å². The minimum atomic E-state index is 0.0868. The molecule has 60 valence electrons. The van der Waals surface area contributed by atoms with Crippen LogP contribution in [-0.2, 0) is 5.41 Å². The topological polar surface area (TPSA) is 41.0 Å². The second kappa shape index (κ2) is 2.49. The largest absolute Gasteiger partial charge is 0.261 e. The summed E-state index contributed by atoms with van der Waals surface area (Å²) < 4.78 is 0. The van der Waals surface area contributed by atoms with Crippen molar-refractivity contribution in [2.75, 3.05) is 0 Å². The minimum absolute atomic E-state index is 0.0868. The fourth-order valence-corrected chi connectivity index (χ4v) is 0.949. The molecule has 0 saturated heterocycles.